The number of unbranched alkanes of at least 4 members (excludes halogenated alkanes) is 16. The van der Waals surface area contributed by atoms with Gasteiger partial charge >= 0.3 is 11.9 Å². The van der Waals surface area contributed by atoms with Crippen LogP contribution in [0.5, 0.6) is 0 Å². The Labute approximate surface area is 271 Å². The van der Waals surface area contributed by atoms with Gasteiger partial charge in [0.25, 0.3) is 0 Å². The molecule has 1 atom stereocenters. The highest BCUT2D eigenvalue weighted by Crippen LogP contribution is 2.11. The predicted octanol–water partition coefficient (Wildman–Crippen LogP) is 11.1. The summed E-state index contributed by atoms with van der Waals surface area (Å²) in [6, 6.07) is 0. The van der Waals surface area contributed by atoms with Gasteiger partial charge in [-0.3, -0.25) is 9.59 Å². The normalized spacial score (nSPS) is 12.7. The number of aliphatic hydroxyl groups excluding tert-OH is 1. The van der Waals surface area contributed by atoms with Gasteiger partial charge in [-0.2, -0.15) is 0 Å². The minimum absolute atomic E-state index is 0.0802. The number of carbonyl (C=O) groups is 2. The summed E-state index contributed by atoms with van der Waals surface area (Å²) in [7, 11) is 0. The molecule has 5 heteroatoms. The molecular weight excluding hydrogens is 548 g/mol. The second kappa shape index (κ2) is 35.3. The second-order valence-corrected chi connectivity index (χ2v) is 11.9. The molecule has 0 aromatic heterocycles. The highest BCUT2D eigenvalue weighted by atomic mass is 16.6. The Morgan fingerprint density at radius 2 is 0.909 bits per heavy atom. The van der Waals surface area contributed by atoms with Gasteiger partial charge in [0.1, 0.15) is 6.61 Å². The Hall–Kier alpha value is -2.14. The van der Waals surface area contributed by atoms with E-state index in [0.29, 0.717) is 12.8 Å². The van der Waals surface area contributed by atoms with Gasteiger partial charge in [0, 0.05) is 12.8 Å². The number of esters is 2. The molecule has 0 rings (SSSR count). The van der Waals surface area contributed by atoms with Crippen molar-refractivity contribution >= 4 is 11.9 Å². The molecule has 5 nitrogen and oxygen atoms in total. The van der Waals surface area contributed by atoms with Crippen molar-refractivity contribution in [1.82, 2.24) is 0 Å². The number of ether oxygens (including phenoxy) is 2. The smallest absolute Gasteiger partial charge is 0.306 e. The van der Waals surface area contributed by atoms with E-state index in [0.717, 1.165) is 70.6 Å². The zero-order valence-corrected chi connectivity index (χ0v) is 28.7. The first-order valence-electron chi connectivity index (χ1n) is 18.2. The van der Waals surface area contributed by atoms with Crippen LogP contribution in [-0.4, -0.2) is 36.4 Å². The molecule has 0 heterocycles. The first-order valence-corrected chi connectivity index (χ1v) is 18.2. The van der Waals surface area contributed by atoms with Gasteiger partial charge in [-0.1, -0.05) is 127 Å². The first kappa shape index (κ1) is 41.9. The van der Waals surface area contributed by atoms with Crippen LogP contribution in [-0.2, 0) is 19.1 Å². The quantitative estimate of drug-likeness (QED) is 0.0462. The van der Waals surface area contributed by atoms with Crippen molar-refractivity contribution in [3.63, 3.8) is 0 Å². The van der Waals surface area contributed by atoms with Crippen molar-refractivity contribution in [3.05, 3.63) is 48.6 Å². The molecule has 0 radical (unpaired) electrons. The minimum Gasteiger partial charge on any atom is -0.462 e. The molecule has 44 heavy (non-hydrogen) atoms. The average Bonchev–Trinajstić information content (AvgIpc) is 3.02. The summed E-state index contributed by atoms with van der Waals surface area (Å²) >= 11 is 0. The molecule has 1 N–H and O–H groups in total. The number of hydrogen-bond acceptors (Lipinski definition) is 5. The molecular formula is C39H68O5. The molecule has 0 aromatic carbocycles. The van der Waals surface area contributed by atoms with Crippen LogP contribution in [0.1, 0.15) is 168 Å². The molecule has 0 unspecified atom stereocenters. The minimum atomic E-state index is -0.785. The lowest BCUT2D eigenvalue weighted by molar-refractivity contribution is -0.161. The first-order chi connectivity index (χ1) is 21.6. The van der Waals surface area contributed by atoms with Crippen LogP contribution in [0.25, 0.3) is 0 Å². The third-order valence-electron chi connectivity index (χ3n) is 7.60. The number of rotatable bonds is 32. The van der Waals surface area contributed by atoms with Crippen LogP contribution in [0.2, 0.25) is 0 Å². The number of carbonyl (C=O) groups excluding carboxylic acids is 2. The van der Waals surface area contributed by atoms with E-state index in [9.17, 15) is 14.7 Å². The maximum Gasteiger partial charge on any atom is 0.306 e. The maximum atomic E-state index is 12.1. The summed E-state index contributed by atoms with van der Waals surface area (Å²) < 4.78 is 10.6. The molecule has 0 saturated heterocycles. The van der Waals surface area contributed by atoms with Crippen LogP contribution in [0.4, 0.5) is 0 Å². The highest BCUT2D eigenvalue weighted by molar-refractivity contribution is 5.70. The molecule has 0 aliphatic heterocycles. The largest absolute Gasteiger partial charge is 0.462 e. The van der Waals surface area contributed by atoms with Crippen molar-refractivity contribution in [2.45, 2.75) is 174 Å². The Morgan fingerprint density at radius 1 is 0.523 bits per heavy atom. The molecule has 0 fully saturated rings. The van der Waals surface area contributed by atoms with E-state index >= 15 is 0 Å². The van der Waals surface area contributed by atoms with Crippen LogP contribution < -0.4 is 0 Å². The van der Waals surface area contributed by atoms with E-state index in [1.54, 1.807) is 0 Å². The summed E-state index contributed by atoms with van der Waals surface area (Å²) in [6.45, 7) is 4.05. The van der Waals surface area contributed by atoms with E-state index < -0.39 is 6.10 Å². The Balaban J connectivity index is 3.65. The molecule has 0 aliphatic rings. The van der Waals surface area contributed by atoms with Gasteiger partial charge < -0.3 is 14.6 Å². The van der Waals surface area contributed by atoms with E-state index in [1.165, 1.54) is 70.6 Å². The zero-order valence-electron chi connectivity index (χ0n) is 28.7. The van der Waals surface area contributed by atoms with Gasteiger partial charge in [0.15, 0.2) is 6.10 Å². The third kappa shape index (κ3) is 32.8. The summed E-state index contributed by atoms with van der Waals surface area (Å²) in [6.07, 6.45) is 43.0. The van der Waals surface area contributed by atoms with Crippen LogP contribution in [0.3, 0.4) is 0 Å². The molecule has 0 bridgehead atoms. The van der Waals surface area contributed by atoms with E-state index in [2.05, 4.69) is 62.5 Å². The Morgan fingerprint density at radius 3 is 1.43 bits per heavy atom. The van der Waals surface area contributed by atoms with E-state index in [1.807, 2.05) is 0 Å². The summed E-state index contributed by atoms with van der Waals surface area (Å²) in [4.78, 5) is 24.2. The van der Waals surface area contributed by atoms with Gasteiger partial charge in [0.2, 0.25) is 0 Å². The van der Waals surface area contributed by atoms with Crippen molar-refractivity contribution in [2.75, 3.05) is 13.2 Å². The van der Waals surface area contributed by atoms with Crippen LogP contribution in [0, 0.1) is 0 Å². The molecule has 0 amide bonds. The lowest BCUT2D eigenvalue weighted by Gasteiger charge is -2.15. The fraction of sp³-hybridized carbons (Fsp3) is 0.744. The Kier molecular flexibility index (Phi) is 33.6. The van der Waals surface area contributed by atoms with Crippen molar-refractivity contribution in [2.24, 2.45) is 0 Å². The molecule has 0 aliphatic carbocycles. The molecule has 254 valence electrons. The highest BCUT2D eigenvalue weighted by Gasteiger charge is 2.16. The van der Waals surface area contributed by atoms with E-state index in [-0.39, 0.29) is 25.2 Å². The van der Waals surface area contributed by atoms with Gasteiger partial charge in [-0.25, -0.2) is 0 Å². The summed E-state index contributed by atoms with van der Waals surface area (Å²) in [5, 5.41) is 9.52. The number of hydrogen-bond donors (Lipinski definition) is 1. The summed E-state index contributed by atoms with van der Waals surface area (Å²) in [5.41, 5.74) is 0. The summed E-state index contributed by atoms with van der Waals surface area (Å²) in [5.74, 6) is -0.630. The molecule has 0 spiro atoms. The van der Waals surface area contributed by atoms with Gasteiger partial charge in [-0.15, -0.1) is 0 Å². The monoisotopic (exact) mass is 617 g/mol. The Bertz CT molecular complexity index is 752. The third-order valence-corrected chi connectivity index (χ3v) is 7.60. The molecule has 0 aromatic rings. The van der Waals surface area contributed by atoms with Crippen molar-refractivity contribution in [1.29, 1.82) is 0 Å². The van der Waals surface area contributed by atoms with E-state index in [4.69, 9.17) is 9.47 Å². The topological polar surface area (TPSA) is 72.8 Å². The van der Waals surface area contributed by atoms with Crippen LogP contribution in [0.15, 0.2) is 48.6 Å². The second-order valence-electron chi connectivity index (χ2n) is 11.9. The van der Waals surface area contributed by atoms with Crippen molar-refractivity contribution < 1.29 is 24.2 Å². The SMILES string of the molecule is CCCCC/C=C/C/C=C/C/C=C/CCCCCCC(=O)O[C@@H](CO)COC(=O)CCCCCCC/C=C/CCCCCC. The standard InChI is InChI=1S/C39H68O5/c1-3-5-7-9-11-13-15-17-18-19-20-22-24-26-28-30-32-34-39(42)44-37(35-40)36-43-38(41)33-31-29-27-25-23-21-16-14-12-10-8-6-4-2/h11,13-14,16-18,20,22,37,40H,3-10,12,15,19,21,23-36H2,1-2H3/b13-11+,16-14+,18-17+,22-20+/t37-/m0/s1. The van der Waals surface area contributed by atoms with Crippen molar-refractivity contribution in [3.8, 4) is 0 Å². The fourth-order valence-electron chi connectivity index (χ4n) is 4.79. The van der Waals surface area contributed by atoms with Crippen LogP contribution >= 0.6 is 0 Å². The molecule has 0 saturated carbocycles. The lowest BCUT2D eigenvalue weighted by atomic mass is 10.1. The fourth-order valence-corrected chi connectivity index (χ4v) is 4.79. The predicted molar refractivity (Wildman–Crippen MR) is 187 cm³/mol. The maximum absolute atomic E-state index is 12.1. The average molecular weight is 617 g/mol. The number of allylic oxidation sites excluding steroid dienone is 8. The van der Waals surface area contributed by atoms with Gasteiger partial charge in [0.05, 0.1) is 6.61 Å². The zero-order chi connectivity index (χ0) is 32.2. The lowest BCUT2D eigenvalue weighted by Crippen LogP contribution is -2.28. The number of aliphatic hydroxyl groups is 1. The van der Waals surface area contributed by atoms with Gasteiger partial charge in [-0.05, 0) is 77.0 Å².